The Balaban J connectivity index is 1.38. The minimum absolute atomic E-state index is 0.178. The van der Waals surface area contributed by atoms with Crippen molar-refractivity contribution in [2.45, 2.75) is 62.6 Å². The van der Waals surface area contributed by atoms with Gasteiger partial charge in [-0.3, -0.25) is 4.90 Å². The largest absolute Gasteiger partial charge is 0.289 e. The SMILES string of the molecule is N#CC1(c2ccc(C3=CC4CCCC(C3)N4Cc3ccccc3)cc2)CC1. The maximum Gasteiger partial charge on any atom is 0.0823 e. The Morgan fingerprint density at radius 2 is 1.78 bits per heavy atom. The number of hydrogen-bond acceptors (Lipinski definition) is 2. The Kier molecular flexibility index (Phi) is 4.14. The first-order valence-corrected chi connectivity index (χ1v) is 10.3. The van der Waals surface area contributed by atoms with Gasteiger partial charge in [-0.1, -0.05) is 67.1 Å². The van der Waals surface area contributed by atoms with Crippen LogP contribution < -0.4 is 0 Å². The first-order valence-electron chi connectivity index (χ1n) is 10.3. The normalized spacial score (nSPS) is 26.1. The van der Waals surface area contributed by atoms with E-state index in [9.17, 15) is 5.26 Å². The van der Waals surface area contributed by atoms with Gasteiger partial charge in [0.15, 0.2) is 0 Å². The van der Waals surface area contributed by atoms with Crippen LogP contribution in [0.5, 0.6) is 0 Å². The number of piperidine rings is 1. The molecule has 0 N–H and O–H groups in total. The van der Waals surface area contributed by atoms with E-state index in [4.69, 9.17) is 0 Å². The molecular weight excluding hydrogens is 328 g/mol. The lowest BCUT2D eigenvalue weighted by Crippen LogP contribution is -2.47. The van der Waals surface area contributed by atoms with Crippen LogP contribution in [0.15, 0.2) is 60.7 Å². The number of benzene rings is 2. The number of nitriles is 1. The molecule has 2 heteroatoms. The molecule has 27 heavy (non-hydrogen) atoms. The Morgan fingerprint density at radius 1 is 1.00 bits per heavy atom. The standard InChI is InChI=1S/C25H26N2/c26-18-25(13-14-25)22-11-9-20(10-12-22)21-15-23-7-4-8-24(16-21)27(23)17-19-5-2-1-3-6-19/h1-3,5-6,9-12,15,23-24H,4,7-8,13-14,16-17H2. The summed E-state index contributed by atoms with van der Waals surface area (Å²) >= 11 is 0. The monoisotopic (exact) mass is 354 g/mol. The maximum atomic E-state index is 9.42. The van der Waals surface area contributed by atoms with Crippen LogP contribution in [0, 0.1) is 11.3 Å². The van der Waals surface area contributed by atoms with Crippen LogP contribution in [0.1, 0.15) is 55.2 Å². The summed E-state index contributed by atoms with van der Waals surface area (Å²) in [6.45, 7) is 1.06. The molecule has 0 aromatic heterocycles. The Morgan fingerprint density at radius 3 is 2.44 bits per heavy atom. The van der Waals surface area contributed by atoms with Gasteiger partial charge in [-0.2, -0.15) is 5.26 Å². The Labute approximate surface area is 162 Å². The minimum Gasteiger partial charge on any atom is -0.289 e. The highest BCUT2D eigenvalue weighted by Crippen LogP contribution is 2.48. The first kappa shape index (κ1) is 16.8. The number of hydrogen-bond donors (Lipinski definition) is 0. The third kappa shape index (κ3) is 3.11. The lowest BCUT2D eigenvalue weighted by Gasteiger charge is -2.45. The van der Waals surface area contributed by atoms with Crippen LogP contribution in [0.3, 0.4) is 0 Å². The summed E-state index contributed by atoms with van der Waals surface area (Å²) in [5.41, 5.74) is 5.30. The van der Waals surface area contributed by atoms with Crippen molar-refractivity contribution in [3.05, 3.63) is 77.4 Å². The molecule has 5 rings (SSSR count). The third-order valence-corrected chi connectivity index (χ3v) is 6.76. The van der Waals surface area contributed by atoms with Crippen molar-refractivity contribution in [3.8, 4) is 6.07 Å². The lowest BCUT2D eigenvalue weighted by molar-refractivity contribution is 0.0951. The average Bonchev–Trinajstić information content (AvgIpc) is 3.50. The van der Waals surface area contributed by atoms with Gasteiger partial charge in [0.25, 0.3) is 0 Å². The molecule has 2 heterocycles. The van der Waals surface area contributed by atoms with Crippen molar-refractivity contribution < 1.29 is 0 Å². The van der Waals surface area contributed by atoms with E-state index in [2.05, 4.69) is 71.6 Å². The molecule has 1 saturated carbocycles. The second-order valence-electron chi connectivity index (χ2n) is 8.48. The second-order valence-corrected chi connectivity index (χ2v) is 8.48. The van der Waals surface area contributed by atoms with Crippen molar-refractivity contribution in [3.63, 3.8) is 0 Å². The molecule has 1 aliphatic carbocycles. The van der Waals surface area contributed by atoms with E-state index in [-0.39, 0.29) is 5.41 Å². The Bertz CT molecular complexity index is 884. The molecule has 3 aliphatic rings. The molecule has 1 saturated heterocycles. The van der Waals surface area contributed by atoms with Crippen LogP contribution in [0.4, 0.5) is 0 Å². The predicted molar refractivity (Wildman–Crippen MR) is 109 cm³/mol. The summed E-state index contributed by atoms with van der Waals surface area (Å²) in [6, 6.07) is 23.5. The number of nitrogens with zero attached hydrogens (tertiary/aromatic N) is 2. The zero-order valence-electron chi connectivity index (χ0n) is 15.8. The zero-order valence-corrected chi connectivity index (χ0v) is 15.8. The molecule has 2 aromatic rings. The molecule has 136 valence electrons. The van der Waals surface area contributed by atoms with E-state index in [1.165, 1.54) is 41.5 Å². The molecule has 2 aromatic carbocycles. The van der Waals surface area contributed by atoms with Gasteiger partial charge in [0, 0.05) is 18.6 Å². The molecule has 0 amide bonds. The van der Waals surface area contributed by atoms with Crippen LogP contribution in [0.25, 0.3) is 5.57 Å². The van der Waals surface area contributed by atoms with Gasteiger partial charge in [0.2, 0.25) is 0 Å². The van der Waals surface area contributed by atoms with Crippen LogP contribution in [-0.2, 0) is 12.0 Å². The summed E-state index contributed by atoms with van der Waals surface area (Å²) in [6.07, 6.45) is 9.61. The van der Waals surface area contributed by atoms with Gasteiger partial charge in [-0.25, -0.2) is 0 Å². The fourth-order valence-electron chi connectivity index (χ4n) is 4.97. The van der Waals surface area contributed by atoms with Gasteiger partial charge in [0.05, 0.1) is 11.5 Å². The van der Waals surface area contributed by atoms with E-state index in [1.54, 1.807) is 0 Å². The summed E-state index contributed by atoms with van der Waals surface area (Å²) in [5, 5.41) is 9.42. The van der Waals surface area contributed by atoms with Gasteiger partial charge in [-0.15, -0.1) is 0 Å². The van der Waals surface area contributed by atoms with Crippen molar-refractivity contribution in [2.24, 2.45) is 0 Å². The quantitative estimate of drug-likeness (QED) is 0.730. The molecule has 2 atom stereocenters. The lowest BCUT2D eigenvalue weighted by atomic mass is 9.82. The number of fused-ring (bicyclic) bond motifs is 2. The van der Waals surface area contributed by atoms with Gasteiger partial charge in [0.1, 0.15) is 0 Å². The van der Waals surface area contributed by atoms with Gasteiger partial charge >= 0.3 is 0 Å². The predicted octanol–water partition coefficient (Wildman–Crippen LogP) is 5.45. The Hall–Kier alpha value is -2.37. The van der Waals surface area contributed by atoms with E-state index < -0.39 is 0 Å². The van der Waals surface area contributed by atoms with E-state index >= 15 is 0 Å². The zero-order chi connectivity index (χ0) is 18.3. The molecule has 2 fully saturated rings. The van der Waals surface area contributed by atoms with E-state index in [0.717, 1.165) is 25.8 Å². The second kappa shape index (κ2) is 6.66. The molecule has 0 radical (unpaired) electrons. The third-order valence-electron chi connectivity index (χ3n) is 6.76. The fraction of sp³-hybridized carbons (Fsp3) is 0.400. The van der Waals surface area contributed by atoms with Crippen molar-refractivity contribution in [1.82, 2.24) is 4.90 Å². The first-order chi connectivity index (χ1) is 13.3. The number of rotatable bonds is 4. The van der Waals surface area contributed by atoms with E-state index in [0.29, 0.717) is 12.1 Å². The summed E-state index contributed by atoms with van der Waals surface area (Å²) < 4.78 is 0. The van der Waals surface area contributed by atoms with Gasteiger partial charge in [-0.05, 0) is 54.4 Å². The fourth-order valence-corrected chi connectivity index (χ4v) is 4.97. The topological polar surface area (TPSA) is 27.0 Å². The highest BCUT2D eigenvalue weighted by atomic mass is 15.2. The molecule has 2 bridgehead atoms. The molecule has 2 aliphatic heterocycles. The van der Waals surface area contributed by atoms with E-state index in [1.807, 2.05) is 0 Å². The summed E-state index contributed by atoms with van der Waals surface area (Å²) in [4.78, 5) is 2.71. The maximum absolute atomic E-state index is 9.42. The summed E-state index contributed by atoms with van der Waals surface area (Å²) in [5.74, 6) is 0. The van der Waals surface area contributed by atoms with Crippen molar-refractivity contribution in [2.75, 3.05) is 0 Å². The highest BCUT2D eigenvalue weighted by molar-refractivity contribution is 5.68. The molecular formula is C25H26N2. The molecule has 0 spiro atoms. The minimum atomic E-state index is -0.178. The smallest absolute Gasteiger partial charge is 0.0823 e. The molecule has 2 nitrogen and oxygen atoms in total. The van der Waals surface area contributed by atoms with Crippen LogP contribution in [0.2, 0.25) is 0 Å². The van der Waals surface area contributed by atoms with Crippen molar-refractivity contribution in [1.29, 1.82) is 5.26 Å². The van der Waals surface area contributed by atoms with Gasteiger partial charge < -0.3 is 0 Å². The van der Waals surface area contributed by atoms with Crippen molar-refractivity contribution >= 4 is 5.57 Å². The van der Waals surface area contributed by atoms with Crippen LogP contribution >= 0.6 is 0 Å². The summed E-state index contributed by atoms with van der Waals surface area (Å²) in [7, 11) is 0. The van der Waals surface area contributed by atoms with Crippen LogP contribution in [-0.4, -0.2) is 17.0 Å². The highest BCUT2D eigenvalue weighted by Gasteiger charge is 2.44. The molecule has 2 unspecified atom stereocenters. The average molecular weight is 354 g/mol.